The summed E-state index contributed by atoms with van der Waals surface area (Å²) in [5, 5.41) is 12.3. The lowest BCUT2D eigenvalue weighted by atomic mass is 10.1. The summed E-state index contributed by atoms with van der Waals surface area (Å²) in [4.78, 5) is 4.12. The second kappa shape index (κ2) is 5.69. The Kier molecular flexibility index (Phi) is 3.74. The molecule has 0 aliphatic carbocycles. The molecule has 0 radical (unpaired) electrons. The van der Waals surface area contributed by atoms with E-state index in [1.54, 1.807) is 6.92 Å². The van der Waals surface area contributed by atoms with Gasteiger partial charge in [-0.05, 0) is 44.0 Å². The fraction of sp³-hybridized carbons (Fsp3) is 0.286. The van der Waals surface area contributed by atoms with Crippen molar-refractivity contribution in [3.05, 3.63) is 41.0 Å². The topological polar surface area (TPSA) is 77.8 Å². The molecule has 0 aliphatic heterocycles. The van der Waals surface area contributed by atoms with Crippen molar-refractivity contribution < 1.29 is 8.94 Å². The van der Waals surface area contributed by atoms with E-state index >= 15 is 0 Å². The van der Waals surface area contributed by atoms with Gasteiger partial charge in [0, 0.05) is 5.56 Å². The van der Waals surface area contributed by atoms with Gasteiger partial charge in [0.2, 0.25) is 11.8 Å². The normalized spacial score (nSPS) is 11.0. The Morgan fingerprint density at radius 1 is 1.10 bits per heavy atom. The molecule has 0 amide bonds. The van der Waals surface area contributed by atoms with Gasteiger partial charge in [-0.3, -0.25) is 0 Å². The molecule has 0 fully saturated rings. The van der Waals surface area contributed by atoms with Gasteiger partial charge in [0.15, 0.2) is 5.82 Å². The highest BCUT2D eigenvalue weighted by atomic mass is 32.2. The van der Waals surface area contributed by atoms with Crippen molar-refractivity contribution in [1.29, 1.82) is 0 Å². The van der Waals surface area contributed by atoms with Gasteiger partial charge in [0.25, 0.3) is 5.22 Å². The van der Waals surface area contributed by atoms with Gasteiger partial charge < -0.3 is 8.94 Å². The van der Waals surface area contributed by atoms with Crippen LogP contribution in [0.2, 0.25) is 0 Å². The number of aromatic nitrogens is 4. The lowest BCUT2D eigenvalue weighted by Crippen LogP contribution is -1.83. The molecule has 6 nitrogen and oxygen atoms in total. The number of hydrogen-bond donors (Lipinski definition) is 0. The van der Waals surface area contributed by atoms with E-state index < -0.39 is 0 Å². The van der Waals surface area contributed by atoms with Crippen molar-refractivity contribution >= 4 is 11.8 Å². The average Bonchev–Trinajstić information content (AvgIpc) is 3.08. The lowest BCUT2D eigenvalue weighted by Gasteiger charge is -2.00. The number of hydrogen-bond acceptors (Lipinski definition) is 7. The molecule has 2 aromatic heterocycles. The standard InChI is InChI=1S/C14H14N4O2S/c1-8-4-5-11(6-9(8)2)13-16-17-14(19-13)21-7-12-15-10(3)18-20-12/h4-6H,7H2,1-3H3. The fourth-order valence-electron chi connectivity index (χ4n) is 1.78. The Hall–Kier alpha value is -2.15. The van der Waals surface area contributed by atoms with Crippen LogP contribution in [0.5, 0.6) is 0 Å². The Bertz CT molecular complexity index is 766. The first-order valence-corrected chi connectivity index (χ1v) is 7.43. The second-order valence-corrected chi connectivity index (χ2v) is 5.62. The first kappa shape index (κ1) is 13.8. The van der Waals surface area contributed by atoms with Gasteiger partial charge >= 0.3 is 0 Å². The Morgan fingerprint density at radius 2 is 1.95 bits per heavy atom. The summed E-state index contributed by atoms with van der Waals surface area (Å²) >= 11 is 1.37. The molecule has 21 heavy (non-hydrogen) atoms. The summed E-state index contributed by atoms with van der Waals surface area (Å²) in [5.74, 6) is 2.19. The summed E-state index contributed by atoms with van der Waals surface area (Å²) < 4.78 is 10.7. The average molecular weight is 302 g/mol. The largest absolute Gasteiger partial charge is 0.411 e. The molecule has 0 N–H and O–H groups in total. The molecule has 0 saturated carbocycles. The molecule has 0 atom stereocenters. The van der Waals surface area contributed by atoms with E-state index in [0.717, 1.165) is 5.56 Å². The number of benzene rings is 1. The number of nitrogens with zero attached hydrogens (tertiary/aromatic N) is 4. The molecule has 7 heteroatoms. The zero-order valence-electron chi connectivity index (χ0n) is 12.0. The Balaban J connectivity index is 1.72. The molecule has 2 heterocycles. The molecule has 0 aliphatic rings. The maximum absolute atomic E-state index is 5.64. The van der Waals surface area contributed by atoms with Crippen LogP contribution in [-0.2, 0) is 5.75 Å². The van der Waals surface area contributed by atoms with Crippen LogP contribution < -0.4 is 0 Å². The summed E-state index contributed by atoms with van der Waals surface area (Å²) in [6.07, 6.45) is 0. The van der Waals surface area contributed by atoms with E-state index in [4.69, 9.17) is 8.94 Å². The molecule has 0 saturated heterocycles. The van der Waals surface area contributed by atoms with Crippen molar-refractivity contribution in [3.63, 3.8) is 0 Å². The van der Waals surface area contributed by atoms with Crippen LogP contribution in [0.15, 0.2) is 32.4 Å². The van der Waals surface area contributed by atoms with E-state index in [-0.39, 0.29) is 0 Å². The third-order valence-electron chi connectivity index (χ3n) is 3.05. The van der Waals surface area contributed by atoms with Crippen molar-refractivity contribution in [2.45, 2.75) is 31.7 Å². The Labute approximate surface area is 126 Å². The predicted octanol–water partition coefficient (Wildman–Crippen LogP) is 3.34. The van der Waals surface area contributed by atoms with Gasteiger partial charge in [0.1, 0.15) is 0 Å². The number of rotatable bonds is 4. The van der Waals surface area contributed by atoms with Crippen LogP contribution >= 0.6 is 11.8 Å². The smallest absolute Gasteiger partial charge is 0.277 e. The van der Waals surface area contributed by atoms with Gasteiger partial charge in [-0.25, -0.2) is 0 Å². The molecule has 1 aromatic carbocycles. The molecule has 0 spiro atoms. The van der Waals surface area contributed by atoms with Gasteiger partial charge in [-0.1, -0.05) is 23.0 Å². The Morgan fingerprint density at radius 3 is 2.67 bits per heavy atom. The molecule has 108 valence electrons. The van der Waals surface area contributed by atoms with Gasteiger partial charge in [0.05, 0.1) is 5.75 Å². The van der Waals surface area contributed by atoms with E-state index in [0.29, 0.717) is 28.6 Å². The van der Waals surface area contributed by atoms with Gasteiger partial charge in [-0.15, -0.1) is 10.2 Å². The second-order valence-electron chi connectivity index (χ2n) is 4.70. The van der Waals surface area contributed by atoms with E-state index in [9.17, 15) is 0 Å². The minimum atomic E-state index is 0.485. The SMILES string of the molecule is Cc1noc(CSc2nnc(-c3ccc(C)c(C)c3)o2)n1. The van der Waals surface area contributed by atoms with Crippen LogP contribution in [0, 0.1) is 20.8 Å². The minimum absolute atomic E-state index is 0.485. The van der Waals surface area contributed by atoms with Gasteiger partial charge in [-0.2, -0.15) is 4.98 Å². The highest BCUT2D eigenvalue weighted by molar-refractivity contribution is 7.98. The van der Waals surface area contributed by atoms with Crippen LogP contribution in [0.4, 0.5) is 0 Å². The van der Waals surface area contributed by atoms with Crippen LogP contribution in [0.3, 0.4) is 0 Å². The molecule has 3 rings (SSSR count). The van der Waals surface area contributed by atoms with Crippen LogP contribution in [-0.4, -0.2) is 20.3 Å². The zero-order chi connectivity index (χ0) is 14.8. The first-order valence-electron chi connectivity index (χ1n) is 6.45. The van der Waals surface area contributed by atoms with Crippen molar-refractivity contribution in [2.24, 2.45) is 0 Å². The third-order valence-corrected chi connectivity index (χ3v) is 3.85. The van der Waals surface area contributed by atoms with E-state index in [1.165, 1.54) is 22.9 Å². The van der Waals surface area contributed by atoms with Crippen LogP contribution in [0.25, 0.3) is 11.5 Å². The summed E-state index contributed by atoms with van der Waals surface area (Å²) in [5.41, 5.74) is 3.35. The molecular formula is C14H14N4O2S. The lowest BCUT2D eigenvalue weighted by molar-refractivity contribution is 0.386. The zero-order valence-corrected chi connectivity index (χ0v) is 12.8. The fourth-order valence-corrected chi connectivity index (χ4v) is 2.38. The minimum Gasteiger partial charge on any atom is -0.411 e. The highest BCUT2D eigenvalue weighted by Gasteiger charge is 2.11. The van der Waals surface area contributed by atoms with Crippen molar-refractivity contribution in [3.8, 4) is 11.5 Å². The number of aryl methyl sites for hydroxylation is 3. The molecular weight excluding hydrogens is 288 g/mol. The maximum Gasteiger partial charge on any atom is 0.277 e. The van der Waals surface area contributed by atoms with Crippen molar-refractivity contribution in [1.82, 2.24) is 20.3 Å². The quantitative estimate of drug-likeness (QED) is 0.684. The number of thioether (sulfide) groups is 1. The summed E-state index contributed by atoms with van der Waals surface area (Å²) in [7, 11) is 0. The highest BCUT2D eigenvalue weighted by Crippen LogP contribution is 2.26. The van der Waals surface area contributed by atoms with E-state index in [2.05, 4.69) is 34.2 Å². The third kappa shape index (κ3) is 3.13. The van der Waals surface area contributed by atoms with Crippen molar-refractivity contribution in [2.75, 3.05) is 0 Å². The molecule has 0 bridgehead atoms. The molecule has 0 unspecified atom stereocenters. The molecule has 3 aromatic rings. The predicted molar refractivity (Wildman–Crippen MR) is 77.8 cm³/mol. The first-order chi connectivity index (χ1) is 10.1. The summed E-state index contributed by atoms with van der Waals surface area (Å²) in [6.45, 7) is 5.91. The van der Waals surface area contributed by atoms with E-state index in [1.807, 2.05) is 18.2 Å². The monoisotopic (exact) mass is 302 g/mol. The summed E-state index contributed by atoms with van der Waals surface area (Å²) in [6, 6.07) is 6.06. The van der Waals surface area contributed by atoms with Crippen LogP contribution in [0.1, 0.15) is 22.8 Å². The maximum atomic E-state index is 5.64.